The number of nitrogens with zero attached hydrogens (tertiary/aromatic N) is 4. The van der Waals surface area contributed by atoms with Crippen molar-refractivity contribution in [1.29, 1.82) is 0 Å². The lowest BCUT2D eigenvalue weighted by Gasteiger charge is -2.41. The Bertz CT molecular complexity index is 744. The number of piperidine rings is 1. The quantitative estimate of drug-likeness (QED) is 0.860. The fourth-order valence-electron chi connectivity index (χ4n) is 4.30. The average Bonchev–Trinajstić information content (AvgIpc) is 2.98. The van der Waals surface area contributed by atoms with Gasteiger partial charge in [-0.3, -0.25) is 0 Å². The summed E-state index contributed by atoms with van der Waals surface area (Å²) in [5, 5.41) is 21.4. The smallest absolute Gasteiger partial charge is 0.158 e. The molecule has 2 fully saturated rings. The molecule has 0 atom stereocenters. The Morgan fingerprint density at radius 3 is 2.58 bits per heavy atom. The van der Waals surface area contributed by atoms with Crippen LogP contribution in [-0.4, -0.2) is 45.0 Å². The van der Waals surface area contributed by atoms with E-state index in [0.29, 0.717) is 23.8 Å². The van der Waals surface area contributed by atoms with Gasteiger partial charge in [-0.05, 0) is 50.3 Å². The molecule has 1 saturated heterocycles. The molecule has 0 unspecified atom stereocenters. The van der Waals surface area contributed by atoms with Gasteiger partial charge in [0.1, 0.15) is 12.4 Å². The number of aliphatic hydroxyl groups is 1. The van der Waals surface area contributed by atoms with E-state index in [-0.39, 0.29) is 6.61 Å². The summed E-state index contributed by atoms with van der Waals surface area (Å²) in [5.74, 6) is 2.14. The molecule has 1 aliphatic carbocycles. The van der Waals surface area contributed by atoms with E-state index in [1.54, 1.807) is 0 Å². The van der Waals surface area contributed by atoms with E-state index in [2.05, 4.69) is 51.6 Å². The van der Waals surface area contributed by atoms with Crippen molar-refractivity contribution < 1.29 is 5.11 Å². The molecule has 6 nitrogen and oxygen atoms in total. The van der Waals surface area contributed by atoms with Crippen LogP contribution in [0, 0.1) is 6.92 Å². The van der Waals surface area contributed by atoms with Gasteiger partial charge in [-0.1, -0.05) is 12.1 Å². The molecule has 2 aliphatic rings. The maximum absolute atomic E-state index is 9.25. The summed E-state index contributed by atoms with van der Waals surface area (Å²) in [6.07, 6.45) is 4.65. The Kier molecular flexibility index (Phi) is 4.96. The second kappa shape index (κ2) is 7.37. The first-order valence-corrected chi connectivity index (χ1v) is 9.70. The number of hydrogen-bond acceptors (Lipinski definition) is 5. The van der Waals surface area contributed by atoms with Crippen molar-refractivity contribution in [2.45, 2.75) is 57.2 Å². The molecular formula is C20H29N5O. The molecule has 2 aromatic rings. The molecule has 1 saturated carbocycles. The molecule has 26 heavy (non-hydrogen) atoms. The van der Waals surface area contributed by atoms with E-state index in [1.807, 2.05) is 11.6 Å². The van der Waals surface area contributed by atoms with E-state index in [0.717, 1.165) is 31.8 Å². The van der Waals surface area contributed by atoms with Gasteiger partial charge >= 0.3 is 0 Å². The van der Waals surface area contributed by atoms with Crippen LogP contribution in [0.5, 0.6) is 0 Å². The van der Waals surface area contributed by atoms with Crippen molar-refractivity contribution in [3.05, 3.63) is 41.5 Å². The summed E-state index contributed by atoms with van der Waals surface area (Å²) >= 11 is 0. The summed E-state index contributed by atoms with van der Waals surface area (Å²) in [4.78, 5) is 2.50. The zero-order chi connectivity index (χ0) is 18.1. The predicted octanol–water partition coefficient (Wildman–Crippen LogP) is 2.12. The van der Waals surface area contributed by atoms with Crippen molar-refractivity contribution >= 4 is 5.69 Å². The Morgan fingerprint density at radius 1 is 1.15 bits per heavy atom. The number of benzene rings is 1. The van der Waals surface area contributed by atoms with Gasteiger partial charge in [0.2, 0.25) is 0 Å². The highest BCUT2D eigenvalue weighted by molar-refractivity contribution is 5.48. The lowest BCUT2D eigenvalue weighted by atomic mass is 9.79. The Morgan fingerprint density at radius 2 is 1.92 bits per heavy atom. The minimum absolute atomic E-state index is 0.0442. The van der Waals surface area contributed by atoms with Crippen LogP contribution in [0.25, 0.3) is 0 Å². The lowest BCUT2D eigenvalue weighted by molar-refractivity contribution is 0.236. The van der Waals surface area contributed by atoms with Crippen LogP contribution in [-0.2, 0) is 13.7 Å². The van der Waals surface area contributed by atoms with Crippen molar-refractivity contribution in [3.63, 3.8) is 0 Å². The van der Waals surface area contributed by atoms with Crippen LogP contribution >= 0.6 is 0 Å². The first kappa shape index (κ1) is 17.5. The average molecular weight is 355 g/mol. The van der Waals surface area contributed by atoms with Gasteiger partial charge in [-0.25, -0.2) is 0 Å². The number of rotatable bonds is 5. The Hall–Kier alpha value is -1.92. The van der Waals surface area contributed by atoms with Gasteiger partial charge < -0.3 is 19.9 Å². The molecule has 2 N–H and O–H groups in total. The topological polar surface area (TPSA) is 66.2 Å². The highest BCUT2D eigenvalue weighted by Crippen LogP contribution is 2.36. The molecule has 1 aliphatic heterocycles. The molecule has 0 radical (unpaired) electrons. The minimum Gasteiger partial charge on any atom is -0.388 e. The molecule has 6 heteroatoms. The van der Waals surface area contributed by atoms with Crippen LogP contribution in [0.3, 0.4) is 0 Å². The van der Waals surface area contributed by atoms with E-state index in [4.69, 9.17) is 0 Å². The molecule has 4 rings (SSSR count). The Balaban J connectivity index is 1.24. The van der Waals surface area contributed by atoms with Crippen molar-refractivity contribution in [2.24, 2.45) is 7.05 Å². The Labute approximate surface area is 155 Å². The highest BCUT2D eigenvalue weighted by atomic mass is 16.3. The largest absolute Gasteiger partial charge is 0.388 e. The van der Waals surface area contributed by atoms with Crippen molar-refractivity contribution in [2.75, 3.05) is 18.0 Å². The summed E-state index contributed by atoms with van der Waals surface area (Å²) in [6.45, 7) is 4.36. The SMILES string of the molecule is Cc1cccc(N2CCC(NC3CC(c4nnc(CO)n4C)C3)CC2)c1. The predicted molar refractivity (Wildman–Crippen MR) is 102 cm³/mol. The van der Waals surface area contributed by atoms with Crippen molar-refractivity contribution in [1.82, 2.24) is 20.1 Å². The number of hydrogen-bond donors (Lipinski definition) is 2. The fraction of sp³-hybridized carbons (Fsp3) is 0.600. The molecule has 0 bridgehead atoms. The zero-order valence-electron chi connectivity index (χ0n) is 15.7. The maximum Gasteiger partial charge on any atom is 0.158 e. The summed E-state index contributed by atoms with van der Waals surface area (Å²) in [5.41, 5.74) is 2.69. The third-order valence-corrected chi connectivity index (χ3v) is 5.98. The highest BCUT2D eigenvalue weighted by Gasteiger charge is 2.35. The molecule has 0 spiro atoms. The molecule has 2 heterocycles. The maximum atomic E-state index is 9.25. The first-order chi connectivity index (χ1) is 12.6. The number of nitrogens with one attached hydrogen (secondary N) is 1. The second-order valence-electron chi connectivity index (χ2n) is 7.82. The molecular weight excluding hydrogens is 326 g/mol. The molecule has 0 amide bonds. The fourth-order valence-corrected chi connectivity index (χ4v) is 4.30. The van der Waals surface area contributed by atoms with Crippen LogP contribution in [0.15, 0.2) is 24.3 Å². The van der Waals surface area contributed by atoms with Gasteiger partial charge in [-0.15, -0.1) is 10.2 Å². The van der Waals surface area contributed by atoms with Gasteiger partial charge in [0, 0.05) is 43.8 Å². The lowest BCUT2D eigenvalue weighted by Crippen LogP contribution is -2.50. The summed E-state index contributed by atoms with van der Waals surface area (Å²) < 4.78 is 1.95. The third kappa shape index (κ3) is 3.48. The van der Waals surface area contributed by atoms with E-state index >= 15 is 0 Å². The third-order valence-electron chi connectivity index (χ3n) is 5.98. The zero-order valence-corrected chi connectivity index (χ0v) is 15.7. The normalized spacial score (nSPS) is 23.9. The summed E-state index contributed by atoms with van der Waals surface area (Å²) in [7, 11) is 1.95. The van der Waals surface area contributed by atoms with Crippen LogP contribution < -0.4 is 10.2 Å². The van der Waals surface area contributed by atoms with Crippen molar-refractivity contribution in [3.8, 4) is 0 Å². The van der Waals surface area contributed by atoms with Gasteiger partial charge in [-0.2, -0.15) is 0 Å². The van der Waals surface area contributed by atoms with Gasteiger partial charge in [0.25, 0.3) is 0 Å². The van der Waals surface area contributed by atoms with Crippen LogP contribution in [0.1, 0.15) is 48.8 Å². The minimum atomic E-state index is -0.0442. The molecule has 1 aromatic carbocycles. The monoisotopic (exact) mass is 355 g/mol. The number of aliphatic hydroxyl groups excluding tert-OH is 1. The van der Waals surface area contributed by atoms with E-state index in [1.165, 1.54) is 24.1 Å². The van der Waals surface area contributed by atoms with E-state index < -0.39 is 0 Å². The van der Waals surface area contributed by atoms with Crippen LogP contribution in [0.2, 0.25) is 0 Å². The molecule has 1 aromatic heterocycles. The number of anilines is 1. The van der Waals surface area contributed by atoms with E-state index in [9.17, 15) is 5.11 Å². The first-order valence-electron chi connectivity index (χ1n) is 9.70. The number of aryl methyl sites for hydroxylation is 1. The standard InChI is InChI=1S/C20H29N5O/c1-14-4-3-5-18(10-14)25-8-6-16(7-9-25)21-17-11-15(12-17)20-23-22-19(13-26)24(20)2/h3-5,10,15-17,21,26H,6-9,11-13H2,1-2H3. The summed E-state index contributed by atoms with van der Waals surface area (Å²) in [6, 6.07) is 10.0. The van der Waals surface area contributed by atoms with Gasteiger partial charge in [0.05, 0.1) is 0 Å². The second-order valence-corrected chi connectivity index (χ2v) is 7.82. The van der Waals surface area contributed by atoms with Gasteiger partial charge in [0.15, 0.2) is 5.82 Å². The molecule has 140 valence electrons. The number of aromatic nitrogens is 3. The van der Waals surface area contributed by atoms with Crippen LogP contribution in [0.4, 0.5) is 5.69 Å².